The van der Waals surface area contributed by atoms with Gasteiger partial charge in [0, 0.05) is 29.7 Å². The van der Waals surface area contributed by atoms with Gasteiger partial charge in [-0.3, -0.25) is 4.72 Å². The van der Waals surface area contributed by atoms with E-state index in [0.717, 1.165) is 17.3 Å². The van der Waals surface area contributed by atoms with E-state index in [1.54, 1.807) is 23.1 Å². The molecule has 5 aromatic rings. The van der Waals surface area contributed by atoms with Crippen molar-refractivity contribution < 1.29 is 13.2 Å². The number of aromatic nitrogens is 7. The number of nitrogens with zero attached hydrogens (tertiary/aromatic N) is 7. The highest BCUT2D eigenvalue weighted by Gasteiger charge is 2.18. The molecule has 11 nitrogen and oxygen atoms in total. The van der Waals surface area contributed by atoms with Crippen LogP contribution in [0.15, 0.2) is 55.1 Å². The molecule has 0 aliphatic rings. The average molecular weight is 465 g/mol. The summed E-state index contributed by atoms with van der Waals surface area (Å²) in [6.45, 7) is 2.01. The van der Waals surface area contributed by atoms with Gasteiger partial charge in [0.2, 0.25) is 21.6 Å². The van der Waals surface area contributed by atoms with Gasteiger partial charge in [-0.25, -0.2) is 28.1 Å². The van der Waals surface area contributed by atoms with Crippen molar-refractivity contribution in [3.05, 3.63) is 60.7 Å². The van der Waals surface area contributed by atoms with Crippen molar-refractivity contribution in [2.45, 2.75) is 13.0 Å². The van der Waals surface area contributed by atoms with Gasteiger partial charge in [-0.05, 0) is 36.8 Å². The predicted molar refractivity (Wildman–Crippen MR) is 123 cm³/mol. The van der Waals surface area contributed by atoms with Crippen molar-refractivity contribution in [2.75, 3.05) is 18.1 Å². The third kappa shape index (κ3) is 3.96. The Morgan fingerprint density at radius 2 is 2.00 bits per heavy atom. The fraction of sp³-hybridized carbons (Fsp3) is 0.190. The first-order valence-electron chi connectivity index (χ1n) is 9.99. The number of fused-ring (bicyclic) bond motifs is 2. The molecule has 5 aromatic heterocycles. The zero-order valence-electron chi connectivity index (χ0n) is 18.0. The highest BCUT2D eigenvalue weighted by Crippen LogP contribution is 2.29. The summed E-state index contributed by atoms with van der Waals surface area (Å²) in [5.41, 5.74) is 4.30. The van der Waals surface area contributed by atoms with Crippen molar-refractivity contribution in [3.8, 4) is 17.1 Å². The molecule has 0 spiro atoms. The maximum Gasteiger partial charge on any atom is 0.238 e. The first-order chi connectivity index (χ1) is 15.8. The quantitative estimate of drug-likeness (QED) is 0.406. The molecule has 0 aromatic carbocycles. The van der Waals surface area contributed by atoms with E-state index in [1.165, 1.54) is 7.11 Å². The number of pyridine rings is 2. The van der Waals surface area contributed by atoms with Gasteiger partial charge in [0.1, 0.15) is 5.69 Å². The fourth-order valence-electron chi connectivity index (χ4n) is 3.60. The van der Waals surface area contributed by atoms with E-state index < -0.39 is 10.0 Å². The van der Waals surface area contributed by atoms with Crippen LogP contribution < -0.4 is 9.46 Å². The van der Waals surface area contributed by atoms with Crippen LogP contribution in [0, 0.1) is 0 Å². The number of hydrogen-bond donors (Lipinski definition) is 1. The van der Waals surface area contributed by atoms with Crippen LogP contribution in [-0.2, 0) is 10.0 Å². The van der Waals surface area contributed by atoms with Crippen molar-refractivity contribution in [1.82, 2.24) is 34.3 Å². The highest BCUT2D eigenvalue weighted by atomic mass is 32.2. The zero-order valence-corrected chi connectivity index (χ0v) is 18.9. The van der Waals surface area contributed by atoms with Crippen molar-refractivity contribution >= 4 is 32.5 Å². The van der Waals surface area contributed by atoms with Gasteiger partial charge in [-0.15, -0.1) is 5.10 Å². The molecule has 0 aliphatic carbocycles. The van der Waals surface area contributed by atoms with Crippen LogP contribution in [0.5, 0.6) is 5.88 Å². The van der Waals surface area contributed by atoms with E-state index in [0.29, 0.717) is 22.6 Å². The SMILES string of the molecule is COc1ncc(-c2cnc3nnn(C(C)c4ccc5cccn5c4)c3n2)cc1NS(C)(=O)=O. The van der Waals surface area contributed by atoms with E-state index in [4.69, 9.17) is 9.72 Å². The molecule has 0 saturated carbocycles. The van der Waals surface area contributed by atoms with Crippen LogP contribution in [0.4, 0.5) is 5.69 Å². The van der Waals surface area contributed by atoms with Crippen LogP contribution in [0.1, 0.15) is 18.5 Å². The molecule has 0 aliphatic heterocycles. The Labute approximate surface area is 189 Å². The molecule has 0 radical (unpaired) electrons. The van der Waals surface area contributed by atoms with Crippen LogP contribution in [0.3, 0.4) is 0 Å². The van der Waals surface area contributed by atoms with Gasteiger partial charge in [0.15, 0.2) is 5.65 Å². The van der Waals surface area contributed by atoms with Crippen molar-refractivity contribution in [3.63, 3.8) is 0 Å². The van der Waals surface area contributed by atoms with E-state index >= 15 is 0 Å². The van der Waals surface area contributed by atoms with Crippen LogP contribution in [-0.4, -0.2) is 56.1 Å². The first-order valence-corrected chi connectivity index (χ1v) is 11.9. The van der Waals surface area contributed by atoms with Crippen LogP contribution in [0.25, 0.3) is 28.1 Å². The van der Waals surface area contributed by atoms with Crippen LogP contribution >= 0.6 is 0 Å². The standard InChI is InChI=1S/C21H20N8O3S/c1-13(14-6-7-16-5-4-8-28(16)12-14)29-20-19(25-27-29)22-11-18(24-20)15-9-17(26-33(3,30)31)21(32-2)23-10-15/h4-13,26H,1-3H3. The molecule has 0 saturated heterocycles. The second-order valence-corrected chi connectivity index (χ2v) is 9.32. The second kappa shape index (κ2) is 7.81. The third-order valence-electron chi connectivity index (χ3n) is 5.22. The molecule has 5 rings (SSSR count). The molecule has 33 heavy (non-hydrogen) atoms. The lowest BCUT2D eigenvalue weighted by Gasteiger charge is -2.13. The minimum atomic E-state index is -3.53. The lowest BCUT2D eigenvalue weighted by atomic mass is 10.1. The summed E-state index contributed by atoms with van der Waals surface area (Å²) in [6.07, 6.45) is 8.18. The summed E-state index contributed by atoms with van der Waals surface area (Å²) < 4.78 is 34.8. The number of sulfonamides is 1. The summed E-state index contributed by atoms with van der Waals surface area (Å²) >= 11 is 0. The number of rotatable bonds is 6. The molecule has 168 valence electrons. The molecule has 0 amide bonds. The number of methoxy groups -OCH3 is 1. The van der Waals surface area contributed by atoms with E-state index in [1.807, 2.05) is 48.0 Å². The molecule has 1 unspecified atom stereocenters. The van der Waals surface area contributed by atoms with Crippen molar-refractivity contribution in [1.29, 1.82) is 0 Å². The summed E-state index contributed by atoms with van der Waals surface area (Å²) in [5, 5.41) is 8.42. The van der Waals surface area contributed by atoms with Gasteiger partial charge in [0.25, 0.3) is 0 Å². The highest BCUT2D eigenvalue weighted by molar-refractivity contribution is 7.92. The molecule has 1 N–H and O–H groups in total. The molecular weight excluding hydrogens is 444 g/mol. The van der Waals surface area contributed by atoms with E-state index in [2.05, 4.69) is 25.0 Å². The van der Waals surface area contributed by atoms with Gasteiger partial charge in [0.05, 0.1) is 31.3 Å². The Morgan fingerprint density at radius 1 is 1.15 bits per heavy atom. The van der Waals surface area contributed by atoms with Crippen LogP contribution in [0.2, 0.25) is 0 Å². The Morgan fingerprint density at radius 3 is 2.79 bits per heavy atom. The lowest BCUT2D eigenvalue weighted by Crippen LogP contribution is -2.11. The summed E-state index contributed by atoms with van der Waals surface area (Å²) in [4.78, 5) is 13.3. The number of anilines is 1. The van der Waals surface area contributed by atoms with Crippen molar-refractivity contribution in [2.24, 2.45) is 0 Å². The van der Waals surface area contributed by atoms with E-state index in [9.17, 15) is 8.42 Å². The maximum absolute atomic E-state index is 11.7. The minimum Gasteiger partial charge on any atom is -0.480 e. The lowest BCUT2D eigenvalue weighted by molar-refractivity contribution is 0.400. The summed E-state index contributed by atoms with van der Waals surface area (Å²) in [6, 6.07) is 9.56. The third-order valence-corrected chi connectivity index (χ3v) is 5.81. The van der Waals surface area contributed by atoms with E-state index in [-0.39, 0.29) is 17.6 Å². The number of hydrogen-bond acceptors (Lipinski definition) is 8. The largest absolute Gasteiger partial charge is 0.480 e. The molecule has 0 fully saturated rings. The first kappa shape index (κ1) is 20.8. The van der Waals surface area contributed by atoms with Gasteiger partial charge < -0.3 is 9.14 Å². The molecule has 5 heterocycles. The fourth-order valence-corrected chi connectivity index (χ4v) is 4.14. The zero-order chi connectivity index (χ0) is 23.2. The smallest absolute Gasteiger partial charge is 0.238 e. The second-order valence-electron chi connectivity index (χ2n) is 7.57. The molecule has 12 heteroatoms. The Balaban J connectivity index is 1.56. The topological polar surface area (TPSA) is 129 Å². The van der Waals surface area contributed by atoms with Gasteiger partial charge >= 0.3 is 0 Å². The number of ether oxygens (including phenoxy) is 1. The molecular formula is C21H20N8O3S. The maximum atomic E-state index is 11.7. The minimum absolute atomic E-state index is 0.150. The summed E-state index contributed by atoms with van der Waals surface area (Å²) in [7, 11) is -2.11. The predicted octanol–water partition coefficient (Wildman–Crippen LogP) is 2.53. The Hall–Kier alpha value is -4.06. The van der Waals surface area contributed by atoms with Gasteiger partial charge in [-0.1, -0.05) is 11.3 Å². The monoisotopic (exact) mass is 464 g/mol. The average Bonchev–Trinajstić information content (AvgIpc) is 3.43. The summed E-state index contributed by atoms with van der Waals surface area (Å²) in [5.74, 6) is 0.152. The Kier molecular flexibility index (Phi) is 4.93. The molecule has 1 atom stereocenters. The molecule has 0 bridgehead atoms. The normalized spacial score (nSPS) is 12.8. The number of nitrogens with one attached hydrogen (secondary N) is 1. The Bertz CT molecular complexity index is 1590. The van der Waals surface area contributed by atoms with Gasteiger partial charge in [-0.2, -0.15) is 0 Å².